The van der Waals surface area contributed by atoms with Crippen LogP contribution < -0.4 is 5.46 Å². The Morgan fingerprint density at radius 3 is 2.85 bits per heavy atom. The molecular formula is C9H8BNO2. The van der Waals surface area contributed by atoms with Crippen LogP contribution in [0.5, 0.6) is 0 Å². The largest absolute Gasteiger partial charge is 0.478 e. The zero-order chi connectivity index (χ0) is 9.84. The molecule has 0 fully saturated rings. The molecule has 0 aromatic heterocycles. The Morgan fingerprint density at radius 1 is 1.62 bits per heavy atom. The molecule has 0 heterocycles. The van der Waals surface area contributed by atoms with E-state index >= 15 is 0 Å². The van der Waals surface area contributed by atoms with Gasteiger partial charge in [0, 0.05) is 0 Å². The number of benzene rings is 1. The minimum Gasteiger partial charge on any atom is -0.478 e. The number of carboxylic acid groups (broad SMARTS) is 1. The van der Waals surface area contributed by atoms with Gasteiger partial charge in [-0.05, 0) is 5.56 Å². The predicted molar refractivity (Wildman–Crippen MR) is 50.9 cm³/mol. The van der Waals surface area contributed by atoms with E-state index in [4.69, 9.17) is 10.4 Å². The molecule has 1 rings (SSSR count). The van der Waals surface area contributed by atoms with Gasteiger partial charge in [0.25, 0.3) is 0 Å². The summed E-state index contributed by atoms with van der Waals surface area (Å²) in [7, 11) is 1.82. The molecule has 0 aliphatic rings. The van der Waals surface area contributed by atoms with E-state index in [1.165, 1.54) is 0 Å². The Hall–Kier alpha value is -1.76. The highest BCUT2D eigenvalue weighted by atomic mass is 16.4. The Balaban J connectivity index is 3.20. The molecule has 0 unspecified atom stereocenters. The maximum atomic E-state index is 10.7. The first-order valence-corrected chi connectivity index (χ1v) is 3.85. The van der Waals surface area contributed by atoms with Crippen LogP contribution in [0.15, 0.2) is 18.2 Å². The normalized spacial score (nSPS) is 9.15. The van der Waals surface area contributed by atoms with Crippen LogP contribution in [0.25, 0.3) is 0 Å². The molecule has 0 amide bonds. The van der Waals surface area contributed by atoms with Crippen LogP contribution in [0.3, 0.4) is 0 Å². The molecule has 0 saturated heterocycles. The summed E-state index contributed by atoms with van der Waals surface area (Å²) in [6.07, 6.45) is 0.141. The smallest absolute Gasteiger partial charge is 0.335 e. The second-order valence-corrected chi connectivity index (χ2v) is 2.80. The van der Waals surface area contributed by atoms with Crippen LogP contribution in [0.4, 0.5) is 0 Å². The first-order valence-electron chi connectivity index (χ1n) is 3.85. The van der Waals surface area contributed by atoms with Crippen LogP contribution in [0.1, 0.15) is 15.9 Å². The number of aromatic carboxylic acids is 1. The number of hydrogen-bond acceptors (Lipinski definition) is 2. The third-order valence-electron chi connectivity index (χ3n) is 1.77. The zero-order valence-corrected chi connectivity index (χ0v) is 7.24. The van der Waals surface area contributed by atoms with E-state index in [0.717, 1.165) is 5.46 Å². The van der Waals surface area contributed by atoms with Crippen molar-refractivity contribution in [2.45, 2.75) is 6.42 Å². The van der Waals surface area contributed by atoms with Gasteiger partial charge in [0.05, 0.1) is 18.1 Å². The minimum atomic E-state index is -0.978. The van der Waals surface area contributed by atoms with Crippen molar-refractivity contribution < 1.29 is 9.90 Å². The van der Waals surface area contributed by atoms with Crippen LogP contribution in [0, 0.1) is 11.3 Å². The molecule has 0 saturated carbocycles. The fraction of sp³-hybridized carbons (Fsp3) is 0.111. The summed E-state index contributed by atoms with van der Waals surface area (Å²) in [5.74, 6) is -0.978. The molecule has 1 aromatic rings. The first-order chi connectivity index (χ1) is 6.15. The molecular weight excluding hydrogens is 165 g/mol. The van der Waals surface area contributed by atoms with Gasteiger partial charge in [0.1, 0.15) is 7.85 Å². The van der Waals surface area contributed by atoms with Crippen LogP contribution >= 0.6 is 0 Å². The van der Waals surface area contributed by atoms with E-state index in [1.54, 1.807) is 18.2 Å². The van der Waals surface area contributed by atoms with Gasteiger partial charge in [-0.2, -0.15) is 5.26 Å². The topological polar surface area (TPSA) is 61.1 Å². The molecule has 3 nitrogen and oxygen atoms in total. The average molecular weight is 173 g/mol. The summed E-state index contributed by atoms with van der Waals surface area (Å²) in [5, 5.41) is 17.3. The van der Waals surface area contributed by atoms with Crippen molar-refractivity contribution in [1.29, 1.82) is 5.26 Å². The average Bonchev–Trinajstić information content (AvgIpc) is 2.08. The summed E-state index contributed by atoms with van der Waals surface area (Å²) in [6.45, 7) is 0. The van der Waals surface area contributed by atoms with E-state index in [-0.39, 0.29) is 12.0 Å². The van der Waals surface area contributed by atoms with E-state index in [9.17, 15) is 4.79 Å². The highest BCUT2D eigenvalue weighted by molar-refractivity contribution is 6.32. The molecule has 0 bridgehead atoms. The van der Waals surface area contributed by atoms with Gasteiger partial charge in [-0.15, -0.1) is 0 Å². The molecule has 64 valence electrons. The monoisotopic (exact) mass is 173 g/mol. The van der Waals surface area contributed by atoms with E-state index in [2.05, 4.69) is 0 Å². The molecule has 0 aliphatic carbocycles. The second kappa shape index (κ2) is 3.77. The van der Waals surface area contributed by atoms with Crippen molar-refractivity contribution in [3.05, 3.63) is 29.3 Å². The second-order valence-electron chi connectivity index (χ2n) is 2.80. The Kier molecular flexibility index (Phi) is 2.71. The van der Waals surface area contributed by atoms with Gasteiger partial charge in [-0.25, -0.2) is 4.79 Å². The van der Waals surface area contributed by atoms with Gasteiger partial charge >= 0.3 is 5.97 Å². The number of carboxylic acids is 1. The van der Waals surface area contributed by atoms with Crippen molar-refractivity contribution in [3.63, 3.8) is 0 Å². The van der Waals surface area contributed by atoms with Gasteiger partial charge < -0.3 is 5.11 Å². The van der Waals surface area contributed by atoms with E-state index in [1.807, 2.05) is 13.9 Å². The quantitative estimate of drug-likeness (QED) is 0.625. The van der Waals surface area contributed by atoms with E-state index < -0.39 is 5.97 Å². The lowest BCUT2D eigenvalue weighted by molar-refractivity contribution is 0.0696. The third-order valence-corrected chi connectivity index (χ3v) is 1.77. The van der Waals surface area contributed by atoms with Gasteiger partial charge in [-0.3, -0.25) is 0 Å². The van der Waals surface area contributed by atoms with Crippen molar-refractivity contribution >= 4 is 19.3 Å². The summed E-state index contributed by atoms with van der Waals surface area (Å²) in [4.78, 5) is 10.7. The summed E-state index contributed by atoms with van der Waals surface area (Å²) in [6, 6.07) is 7.00. The zero-order valence-electron chi connectivity index (χ0n) is 7.24. The summed E-state index contributed by atoms with van der Waals surface area (Å²) in [5.41, 5.74) is 1.68. The Labute approximate surface area is 77.0 Å². The van der Waals surface area contributed by atoms with Crippen LogP contribution in [-0.4, -0.2) is 18.9 Å². The minimum absolute atomic E-state index is 0.141. The number of carbonyl (C=O) groups is 1. The lowest BCUT2D eigenvalue weighted by atomic mass is 9.91. The van der Waals surface area contributed by atoms with Crippen LogP contribution in [-0.2, 0) is 6.42 Å². The molecule has 0 aliphatic heterocycles. The predicted octanol–water partition coefficient (Wildman–Crippen LogP) is -0.291. The summed E-state index contributed by atoms with van der Waals surface area (Å²) < 4.78 is 0. The number of hydrogen-bond donors (Lipinski definition) is 1. The highest BCUT2D eigenvalue weighted by Crippen LogP contribution is 2.07. The SMILES string of the molecule is Bc1ccc(CC#N)c(C(=O)O)c1. The molecule has 1 aromatic carbocycles. The van der Waals surface area contributed by atoms with Gasteiger partial charge in [0.2, 0.25) is 0 Å². The Bertz CT molecular complexity index is 382. The van der Waals surface area contributed by atoms with E-state index in [0.29, 0.717) is 5.56 Å². The summed E-state index contributed by atoms with van der Waals surface area (Å²) >= 11 is 0. The standard InChI is InChI=1S/C9H8BNO2/c10-7-2-1-6(3-4-11)8(5-7)9(12)13/h1-2,5H,3,10H2,(H,12,13). The number of rotatable bonds is 2. The fourth-order valence-electron chi connectivity index (χ4n) is 1.13. The molecule has 4 heteroatoms. The molecule has 0 atom stereocenters. The fourth-order valence-corrected chi connectivity index (χ4v) is 1.13. The lowest BCUT2D eigenvalue weighted by Crippen LogP contribution is -2.10. The van der Waals surface area contributed by atoms with Crippen molar-refractivity contribution in [1.82, 2.24) is 0 Å². The molecule has 0 radical (unpaired) electrons. The van der Waals surface area contributed by atoms with Crippen molar-refractivity contribution in [2.24, 2.45) is 0 Å². The molecule has 1 N–H and O–H groups in total. The number of nitrogens with zero attached hydrogens (tertiary/aromatic N) is 1. The lowest BCUT2D eigenvalue weighted by Gasteiger charge is -2.02. The molecule has 0 spiro atoms. The third kappa shape index (κ3) is 2.09. The van der Waals surface area contributed by atoms with Gasteiger partial charge in [-0.1, -0.05) is 23.7 Å². The van der Waals surface area contributed by atoms with Crippen LogP contribution in [0.2, 0.25) is 0 Å². The maximum Gasteiger partial charge on any atom is 0.335 e. The van der Waals surface area contributed by atoms with Crippen molar-refractivity contribution in [2.75, 3.05) is 0 Å². The number of nitriles is 1. The van der Waals surface area contributed by atoms with Crippen molar-refractivity contribution in [3.8, 4) is 6.07 Å². The molecule has 13 heavy (non-hydrogen) atoms. The Morgan fingerprint density at radius 2 is 2.31 bits per heavy atom. The van der Waals surface area contributed by atoms with Gasteiger partial charge in [0.15, 0.2) is 0 Å². The maximum absolute atomic E-state index is 10.7. The highest BCUT2D eigenvalue weighted by Gasteiger charge is 2.08. The first kappa shape index (κ1) is 9.33.